The second kappa shape index (κ2) is 8.49. The van der Waals surface area contributed by atoms with Gasteiger partial charge in [0.1, 0.15) is 0 Å². The number of aryl methyl sites for hydroxylation is 1. The number of nitrogens with one attached hydrogen (secondary N) is 1. The lowest BCUT2D eigenvalue weighted by Crippen LogP contribution is -2.44. The highest BCUT2D eigenvalue weighted by Crippen LogP contribution is 2.23. The van der Waals surface area contributed by atoms with E-state index in [1.54, 1.807) is 6.07 Å². The van der Waals surface area contributed by atoms with Crippen LogP contribution in [0.3, 0.4) is 0 Å². The van der Waals surface area contributed by atoms with Crippen molar-refractivity contribution in [2.45, 2.75) is 39.2 Å². The normalized spacial score (nSPS) is 18.4. The Morgan fingerprint density at radius 2 is 2.04 bits per heavy atom. The summed E-state index contributed by atoms with van der Waals surface area (Å²) < 4.78 is 0. The molecular formula is C20H25ClN4O. The predicted octanol–water partition coefficient (Wildman–Crippen LogP) is 3.79. The standard InChI is InChI=1S/C20H25ClN4O/c1-3-15-6-8-16(9-7-15)14(2)22-20(26)17-5-4-12-25(13-17)19-11-10-18(21)23-24-19/h6-11,14,17H,3-5,12-13H2,1-2H3,(H,22,26)/t14-,17+/m1/s1. The first-order chi connectivity index (χ1) is 12.6. The van der Waals surface area contributed by atoms with E-state index in [-0.39, 0.29) is 17.9 Å². The molecule has 2 heterocycles. The lowest BCUT2D eigenvalue weighted by molar-refractivity contribution is -0.125. The maximum absolute atomic E-state index is 12.7. The van der Waals surface area contributed by atoms with Gasteiger partial charge < -0.3 is 10.2 Å². The first kappa shape index (κ1) is 18.6. The van der Waals surface area contributed by atoms with Crippen LogP contribution in [0.15, 0.2) is 36.4 Å². The quantitative estimate of drug-likeness (QED) is 0.867. The van der Waals surface area contributed by atoms with Crippen LogP contribution in [0.1, 0.15) is 43.9 Å². The zero-order valence-electron chi connectivity index (χ0n) is 15.3. The number of amides is 1. The van der Waals surface area contributed by atoms with E-state index in [4.69, 9.17) is 11.6 Å². The summed E-state index contributed by atoms with van der Waals surface area (Å²) in [6.07, 6.45) is 2.87. The molecule has 6 heteroatoms. The number of nitrogens with zero attached hydrogens (tertiary/aromatic N) is 3. The summed E-state index contributed by atoms with van der Waals surface area (Å²) in [5, 5.41) is 11.6. The van der Waals surface area contributed by atoms with Crippen molar-refractivity contribution in [2.24, 2.45) is 5.92 Å². The molecule has 0 bridgehead atoms. The molecule has 2 atom stereocenters. The number of anilines is 1. The predicted molar refractivity (Wildman–Crippen MR) is 104 cm³/mol. The minimum absolute atomic E-state index is 0.000828. The average Bonchev–Trinajstić information content (AvgIpc) is 2.68. The summed E-state index contributed by atoms with van der Waals surface area (Å²) in [4.78, 5) is 14.8. The topological polar surface area (TPSA) is 58.1 Å². The molecule has 1 aromatic carbocycles. The highest BCUT2D eigenvalue weighted by atomic mass is 35.5. The summed E-state index contributed by atoms with van der Waals surface area (Å²) in [6.45, 7) is 5.71. The van der Waals surface area contributed by atoms with Gasteiger partial charge in [-0.2, -0.15) is 0 Å². The number of carbonyl (C=O) groups excluding carboxylic acids is 1. The number of hydrogen-bond acceptors (Lipinski definition) is 4. The van der Waals surface area contributed by atoms with Crippen LogP contribution in [-0.2, 0) is 11.2 Å². The highest BCUT2D eigenvalue weighted by molar-refractivity contribution is 6.29. The van der Waals surface area contributed by atoms with Crippen LogP contribution in [0.2, 0.25) is 5.15 Å². The van der Waals surface area contributed by atoms with Gasteiger partial charge in [0.25, 0.3) is 0 Å². The third-order valence-corrected chi connectivity index (χ3v) is 5.18. The zero-order valence-corrected chi connectivity index (χ0v) is 16.0. The smallest absolute Gasteiger partial charge is 0.225 e. The van der Waals surface area contributed by atoms with Gasteiger partial charge in [0.15, 0.2) is 11.0 Å². The number of carbonyl (C=O) groups is 1. The highest BCUT2D eigenvalue weighted by Gasteiger charge is 2.27. The van der Waals surface area contributed by atoms with E-state index < -0.39 is 0 Å². The maximum atomic E-state index is 12.7. The summed E-state index contributed by atoms with van der Waals surface area (Å²) in [5.41, 5.74) is 2.44. The van der Waals surface area contributed by atoms with E-state index in [2.05, 4.69) is 51.6 Å². The van der Waals surface area contributed by atoms with Gasteiger partial charge in [-0.15, -0.1) is 10.2 Å². The van der Waals surface area contributed by atoms with Crippen LogP contribution in [0, 0.1) is 5.92 Å². The van der Waals surface area contributed by atoms with Gasteiger partial charge in [-0.3, -0.25) is 4.79 Å². The molecular weight excluding hydrogens is 348 g/mol. The van der Waals surface area contributed by atoms with Crippen LogP contribution >= 0.6 is 11.6 Å². The monoisotopic (exact) mass is 372 g/mol. The van der Waals surface area contributed by atoms with Crippen molar-refractivity contribution in [3.05, 3.63) is 52.7 Å². The number of halogens is 1. The van der Waals surface area contributed by atoms with E-state index in [1.165, 1.54) is 5.56 Å². The Morgan fingerprint density at radius 3 is 2.69 bits per heavy atom. The lowest BCUT2D eigenvalue weighted by atomic mass is 9.96. The van der Waals surface area contributed by atoms with Crippen LogP contribution < -0.4 is 10.2 Å². The fraction of sp³-hybridized carbons (Fsp3) is 0.450. The summed E-state index contributed by atoms with van der Waals surface area (Å²) in [5.74, 6) is 0.831. The zero-order chi connectivity index (χ0) is 18.5. The molecule has 3 rings (SSSR count). The van der Waals surface area contributed by atoms with Crippen molar-refractivity contribution in [1.29, 1.82) is 0 Å². The third kappa shape index (κ3) is 4.52. The maximum Gasteiger partial charge on any atom is 0.225 e. The summed E-state index contributed by atoms with van der Waals surface area (Å²) >= 11 is 5.81. The molecule has 1 N–H and O–H groups in total. The van der Waals surface area contributed by atoms with Crippen molar-refractivity contribution in [2.75, 3.05) is 18.0 Å². The van der Waals surface area contributed by atoms with Gasteiger partial charge in [-0.05, 0) is 49.4 Å². The van der Waals surface area contributed by atoms with Crippen LogP contribution in [0.5, 0.6) is 0 Å². The molecule has 1 saturated heterocycles. The Labute approximate surface area is 159 Å². The average molecular weight is 373 g/mol. The van der Waals surface area contributed by atoms with Gasteiger partial charge in [-0.25, -0.2) is 0 Å². The molecule has 1 fully saturated rings. The van der Waals surface area contributed by atoms with E-state index in [1.807, 2.05) is 13.0 Å². The number of rotatable bonds is 5. The number of benzene rings is 1. The molecule has 1 aromatic heterocycles. The van der Waals surface area contributed by atoms with Gasteiger partial charge in [0.2, 0.25) is 5.91 Å². The lowest BCUT2D eigenvalue weighted by Gasteiger charge is -2.33. The Kier molecular flexibility index (Phi) is 6.09. The fourth-order valence-electron chi connectivity index (χ4n) is 3.33. The number of piperidine rings is 1. The van der Waals surface area contributed by atoms with Gasteiger partial charge in [-0.1, -0.05) is 42.8 Å². The number of hydrogen-bond donors (Lipinski definition) is 1. The molecule has 1 amide bonds. The Morgan fingerprint density at radius 1 is 1.27 bits per heavy atom. The first-order valence-corrected chi connectivity index (χ1v) is 9.58. The molecule has 1 aliphatic heterocycles. The molecule has 138 valence electrons. The molecule has 0 unspecified atom stereocenters. The largest absolute Gasteiger partial charge is 0.354 e. The SMILES string of the molecule is CCc1ccc([C@@H](C)NC(=O)[C@H]2CCCN(c3ccc(Cl)nn3)C2)cc1. The Bertz CT molecular complexity index is 732. The first-order valence-electron chi connectivity index (χ1n) is 9.20. The van der Waals surface area contributed by atoms with Crippen molar-refractivity contribution >= 4 is 23.3 Å². The van der Waals surface area contributed by atoms with Crippen LogP contribution in [0.25, 0.3) is 0 Å². The fourth-order valence-corrected chi connectivity index (χ4v) is 3.43. The van der Waals surface area contributed by atoms with Crippen LogP contribution in [-0.4, -0.2) is 29.2 Å². The van der Waals surface area contributed by atoms with Gasteiger partial charge in [0.05, 0.1) is 12.0 Å². The molecule has 2 aromatic rings. The minimum Gasteiger partial charge on any atom is -0.354 e. The van der Waals surface area contributed by atoms with E-state index >= 15 is 0 Å². The second-order valence-electron chi connectivity index (χ2n) is 6.82. The van der Waals surface area contributed by atoms with Crippen LogP contribution in [0.4, 0.5) is 5.82 Å². The van der Waals surface area contributed by atoms with Crippen molar-refractivity contribution < 1.29 is 4.79 Å². The molecule has 0 saturated carbocycles. The molecule has 26 heavy (non-hydrogen) atoms. The van der Waals surface area contributed by atoms with E-state index in [9.17, 15) is 4.79 Å². The molecule has 0 aliphatic carbocycles. The molecule has 1 aliphatic rings. The third-order valence-electron chi connectivity index (χ3n) is 4.98. The van der Waals surface area contributed by atoms with E-state index in [0.717, 1.165) is 37.2 Å². The molecule has 0 radical (unpaired) electrons. The van der Waals surface area contributed by atoms with Gasteiger partial charge in [0, 0.05) is 13.1 Å². The Hall–Kier alpha value is -2.14. The van der Waals surface area contributed by atoms with Gasteiger partial charge >= 0.3 is 0 Å². The van der Waals surface area contributed by atoms with Crippen molar-refractivity contribution in [3.63, 3.8) is 0 Å². The van der Waals surface area contributed by atoms with Crippen molar-refractivity contribution in [3.8, 4) is 0 Å². The molecule has 5 nitrogen and oxygen atoms in total. The minimum atomic E-state index is -0.0430. The van der Waals surface area contributed by atoms with Crippen molar-refractivity contribution in [1.82, 2.24) is 15.5 Å². The second-order valence-corrected chi connectivity index (χ2v) is 7.21. The number of aromatic nitrogens is 2. The molecule has 0 spiro atoms. The Balaban J connectivity index is 1.60. The summed E-state index contributed by atoms with van der Waals surface area (Å²) in [6, 6.07) is 12.0. The summed E-state index contributed by atoms with van der Waals surface area (Å²) in [7, 11) is 0. The van der Waals surface area contributed by atoms with E-state index in [0.29, 0.717) is 11.7 Å².